The van der Waals surface area contributed by atoms with Gasteiger partial charge in [0.1, 0.15) is 0 Å². The van der Waals surface area contributed by atoms with Gasteiger partial charge >= 0.3 is 6.18 Å². The van der Waals surface area contributed by atoms with Gasteiger partial charge in [0.25, 0.3) is 0 Å². The second kappa shape index (κ2) is 4.69. The molecule has 1 heterocycles. The SMILES string of the molecule is Cc1ccc(C2NCCCC2C(F)(F)F)cc1. The number of alkyl halides is 3. The predicted octanol–water partition coefficient (Wildman–Crippen LogP) is 3.60. The Morgan fingerprint density at radius 2 is 1.82 bits per heavy atom. The average molecular weight is 243 g/mol. The van der Waals surface area contributed by atoms with Gasteiger partial charge in [0.2, 0.25) is 0 Å². The average Bonchev–Trinajstić information content (AvgIpc) is 2.29. The quantitative estimate of drug-likeness (QED) is 0.794. The molecule has 2 rings (SSSR count). The summed E-state index contributed by atoms with van der Waals surface area (Å²) in [7, 11) is 0. The van der Waals surface area contributed by atoms with E-state index >= 15 is 0 Å². The zero-order chi connectivity index (χ0) is 12.5. The fraction of sp³-hybridized carbons (Fsp3) is 0.538. The Hall–Kier alpha value is -1.03. The first-order valence-electron chi connectivity index (χ1n) is 5.85. The summed E-state index contributed by atoms with van der Waals surface area (Å²) in [5, 5.41) is 2.99. The maximum atomic E-state index is 12.9. The van der Waals surface area contributed by atoms with Crippen molar-refractivity contribution in [3.63, 3.8) is 0 Å². The van der Waals surface area contributed by atoms with Gasteiger partial charge in [-0.2, -0.15) is 13.2 Å². The van der Waals surface area contributed by atoms with E-state index in [1.54, 1.807) is 12.1 Å². The summed E-state index contributed by atoms with van der Waals surface area (Å²) >= 11 is 0. The van der Waals surface area contributed by atoms with E-state index in [2.05, 4.69) is 5.32 Å². The lowest BCUT2D eigenvalue weighted by molar-refractivity contribution is -0.189. The third-order valence-electron chi connectivity index (χ3n) is 3.32. The van der Waals surface area contributed by atoms with Gasteiger partial charge in [-0.3, -0.25) is 0 Å². The van der Waals surface area contributed by atoms with Crippen molar-refractivity contribution in [3.8, 4) is 0 Å². The van der Waals surface area contributed by atoms with Crippen molar-refractivity contribution in [1.29, 1.82) is 0 Å². The number of hydrogen-bond acceptors (Lipinski definition) is 1. The molecule has 0 radical (unpaired) electrons. The molecule has 17 heavy (non-hydrogen) atoms. The lowest BCUT2D eigenvalue weighted by Gasteiger charge is -2.34. The van der Waals surface area contributed by atoms with Crippen molar-refractivity contribution in [2.45, 2.75) is 32.0 Å². The van der Waals surface area contributed by atoms with Crippen LogP contribution in [0.2, 0.25) is 0 Å². The Kier molecular flexibility index (Phi) is 3.43. The first-order chi connectivity index (χ1) is 7.98. The number of piperidine rings is 1. The lowest BCUT2D eigenvalue weighted by atomic mass is 9.85. The minimum Gasteiger partial charge on any atom is -0.309 e. The molecule has 1 aliphatic heterocycles. The van der Waals surface area contributed by atoms with Crippen LogP contribution in [0.1, 0.15) is 30.0 Å². The zero-order valence-electron chi connectivity index (χ0n) is 9.72. The zero-order valence-corrected chi connectivity index (χ0v) is 9.72. The fourth-order valence-electron chi connectivity index (χ4n) is 2.37. The van der Waals surface area contributed by atoms with E-state index in [9.17, 15) is 13.2 Å². The van der Waals surface area contributed by atoms with Crippen LogP contribution in [0.3, 0.4) is 0 Å². The Morgan fingerprint density at radius 3 is 2.41 bits per heavy atom. The molecule has 1 saturated heterocycles. The molecule has 4 heteroatoms. The Balaban J connectivity index is 2.25. The van der Waals surface area contributed by atoms with E-state index in [0.29, 0.717) is 13.0 Å². The second-order valence-electron chi connectivity index (χ2n) is 4.63. The molecule has 0 saturated carbocycles. The van der Waals surface area contributed by atoms with Crippen molar-refractivity contribution in [2.24, 2.45) is 5.92 Å². The topological polar surface area (TPSA) is 12.0 Å². The van der Waals surface area contributed by atoms with Crippen molar-refractivity contribution < 1.29 is 13.2 Å². The number of nitrogens with one attached hydrogen (secondary N) is 1. The molecule has 1 nitrogen and oxygen atoms in total. The van der Waals surface area contributed by atoms with Gasteiger partial charge in [-0.15, -0.1) is 0 Å². The largest absolute Gasteiger partial charge is 0.393 e. The van der Waals surface area contributed by atoms with Crippen molar-refractivity contribution in [1.82, 2.24) is 5.32 Å². The van der Waals surface area contributed by atoms with Gasteiger partial charge in [-0.05, 0) is 31.9 Å². The molecular formula is C13H16F3N. The highest BCUT2D eigenvalue weighted by Gasteiger charge is 2.45. The van der Waals surface area contributed by atoms with Gasteiger partial charge in [0, 0.05) is 6.04 Å². The lowest BCUT2D eigenvalue weighted by Crippen LogP contribution is -2.41. The van der Waals surface area contributed by atoms with Gasteiger partial charge in [0.15, 0.2) is 0 Å². The minimum atomic E-state index is -4.12. The third-order valence-corrected chi connectivity index (χ3v) is 3.32. The number of aryl methyl sites for hydroxylation is 1. The molecular weight excluding hydrogens is 227 g/mol. The first-order valence-corrected chi connectivity index (χ1v) is 5.85. The second-order valence-corrected chi connectivity index (χ2v) is 4.63. The van der Waals surface area contributed by atoms with E-state index in [1.165, 1.54) is 0 Å². The van der Waals surface area contributed by atoms with Crippen LogP contribution in [-0.2, 0) is 0 Å². The van der Waals surface area contributed by atoms with Crippen LogP contribution >= 0.6 is 0 Å². The summed E-state index contributed by atoms with van der Waals surface area (Å²) in [5.74, 6) is -1.26. The first kappa shape index (κ1) is 12.4. The summed E-state index contributed by atoms with van der Waals surface area (Å²) in [6, 6.07) is 6.70. The highest BCUT2D eigenvalue weighted by Crippen LogP contribution is 2.41. The number of benzene rings is 1. The molecule has 2 atom stereocenters. The predicted molar refractivity (Wildman–Crippen MR) is 60.7 cm³/mol. The van der Waals surface area contributed by atoms with Crippen molar-refractivity contribution in [3.05, 3.63) is 35.4 Å². The fourth-order valence-corrected chi connectivity index (χ4v) is 2.37. The van der Waals surface area contributed by atoms with E-state index < -0.39 is 18.1 Å². The molecule has 2 unspecified atom stereocenters. The van der Waals surface area contributed by atoms with E-state index in [1.807, 2.05) is 19.1 Å². The van der Waals surface area contributed by atoms with Crippen LogP contribution < -0.4 is 5.32 Å². The van der Waals surface area contributed by atoms with Gasteiger partial charge in [-0.25, -0.2) is 0 Å². The molecule has 1 aliphatic rings. The molecule has 0 aliphatic carbocycles. The van der Waals surface area contributed by atoms with Crippen LogP contribution in [0, 0.1) is 12.8 Å². The van der Waals surface area contributed by atoms with Crippen LogP contribution in [-0.4, -0.2) is 12.7 Å². The van der Waals surface area contributed by atoms with Crippen molar-refractivity contribution in [2.75, 3.05) is 6.54 Å². The number of rotatable bonds is 1. The minimum absolute atomic E-state index is 0.217. The molecule has 0 bridgehead atoms. The van der Waals surface area contributed by atoms with Crippen LogP contribution in [0.4, 0.5) is 13.2 Å². The Bertz CT molecular complexity index is 369. The van der Waals surface area contributed by atoms with Gasteiger partial charge in [-0.1, -0.05) is 29.8 Å². The van der Waals surface area contributed by atoms with E-state index in [4.69, 9.17) is 0 Å². The molecule has 1 aromatic rings. The normalized spacial score (nSPS) is 25.9. The van der Waals surface area contributed by atoms with Gasteiger partial charge in [0.05, 0.1) is 5.92 Å². The molecule has 1 aromatic carbocycles. The Labute approximate surface area is 99.0 Å². The smallest absolute Gasteiger partial charge is 0.309 e. The maximum Gasteiger partial charge on any atom is 0.393 e. The molecule has 0 aromatic heterocycles. The summed E-state index contributed by atoms with van der Waals surface area (Å²) in [5.41, 5.74) is 1.80. The number of halogens is 3. The third kappa shape index (κ3) is 2.80. The summed E-state index contributed by atoms with van der Waals surface area (Å²) in [6.07, 6.45) is -3.31. The monoisotopic (exact) mass is 243 g/mol. The van der Waals surface area contributed by atoms with Gasteiger partial charge < -0.3 is 5.32 Å². The van der Waals surface area contributed by atoms with Crippen LogP contribution in [0.25, 0.3) is 0 Å². The summed E-state index contributed by atoms with van der Waals surface area (Å²) in [6.45, 7) is 2.59. The van der Waals surface area contributed by atoms with Crippen molar-refractivity contribution >= 4 is 0 Å². The number of hydrogen-bond donors (Lipinski definition) is 1. The molecule has 1 N–H and O–H groups in total. The standard InChI is InChI=1S/C13H16F3N/c1-9-4-6-10(7-5-9)12-11(13(14,15)16)3-2-8-17-12/h4-7,11-12,17H,2-3,8H2,1H3. The summed E-state index contributed by atoms with van der Waals surface area (Å²) < 4.78 is 38.7. The van der Waals surface area contributed by atoms with Crippen LogP contribution in [0.5, 0.6) is 0 Å². The Morgan fingerprint density at radius 1 is 1.18 bits per heavy atom. The maximum absolute atomic E-state index is 12.9. The summed E-state index contributed by atoms with van der Waals surface area (Å²) in [4.78, 5) is 0. The molecule has 94 valence electrons. The molecule has 1 fully saturated rings. The van der Waals surface area contributed by atoms with E-state index in [-0.39, 0.29) is 6.42 Å². The van der Waals surface area contributed by atoms with Crippen LogP contribution in [0.15, 0.2) is 24.3 Å². The highest BCUT2D eigenvalue weighted by molar-refractivity contribution is 5.25. The molecule has 0 spiro atoms. The van der Waals surface area contributed by atoms with E-state index in [0.717, 1.165) is 11.1 Å². The molecule has 0 amide bonds. The highest BCUT2D eigenvalue weighted by atomic mass is 19.4.